The Hall–Kier alpha value is -1.13. The van der Waals surface area contributed by atoms with Crippen LogP contribution in [0, 0.1) is 5.82 Å². The molecule has 0 aliphatic carbocycles. The predicted molar refractivity (Wildman–Crippen MR) is 61.1 cm³/mol. The maximum absolute atomic E-state index is 13.9. The summed E-state index contributed by atoms with van der Waals surface area (Å²) < 4.78 is 18.8. The second-order valence-corrected chi connectivity index (χ2v) is 3.96. The zero-order valence-electron chi connectivity index (χ0n) is 9.50. The van der Waals surface area contributed by atoms with Gasteiger partial charge in [0.15, 0.2) is 11.6 Å². The fourth-order valence-electron chi connectivity index (χ4n) is 1.95. The lowest BCUT2D eigenvalue weighted by Crippen LogP contribution is -2.43. The van der Waals surface area contributed by atoms with Crippen molar-refractivity contribution < 1.29 is 9.13 Å². The molecule has 1 heterocycles. The molecule has 0 atom stereocenters. The molecular formula is C12H17FN2O. The van der Waals surface area contributed by atoms with E-state index in [-0.39, 0.29) is 5.82 Å². The number of rotatable bonds is 3. The average Bonchev–Trinajstić information content (AvgIpc) is 2.33. The average molecular weight is 224 g/mol. The molecule has 1 N–H and O–H groups in total. The third-order valence-electron chi connectivity index (χ3n) is 2.87. The fourth-order valence-corrected chi connectivity index (χ4v) is 1.95. The molecule has 2 rings (SSSR count). The Morgan fingerprint density at radius 1 is 1.38 bits per heavy atom. The van der Waals surface area contributed by atoms with E-state index in [9.17, 15) is 4.39 Å². The molecule has 0 amide bonds. The molecule has 0 radical (unpaired) electrons. The Morgan fingerprint density at radius 3 is 2.81 bits per heavy atom. The summed E-state index contributed by atoms with van der Waals surface area (Å²) in [6, 6.07) is 5.30. The molecule has 3 nitrogen and oxygen atoms in total. The lowest BCUT2D eigenvalue weighted by molar-refractivity contribution is 0.229. The van der Waals surface area contributed by atoms with Gasteiger partial charge in [0, 0.05) is 38.3 Å². The van der Waals surface area contributed by atoms with Gasteiger partial charge in [0.05, 0.1) is 7.11 Å². The normalized spacial score (nSPS) is 17.4. The molecule has 1 saturated heterocycles. The number of halogens is 1. The molecule has 0 saturated carbocycles. The van der Waals surface area contributed by atoms with Gasteiger partial charge in [-0.3, -0.25) is 4.90 Å². The summed E-state index contributed by atoms with van der Waals surface area (Å²) in [6.07, 6.45) is 0. The largest absolute Gasteiger partial charge is 0.494 e. The molecule has 1 aliphatic heterocycles. The van der Waals surface area contributed by atoms with Gasteiger partial charge < -0.3 is 10.1 Å². The van der Waals surface area contributed by atoms with E-state index in [0.29, 0.717) is 17.9 Å². The van der Waals surface area contributed by atoms with Gasteiger partial charge >= 0.3 is 0 Å². The number of methoxy groups -OCH3 is 1. The Labute approximate surface area is 95.2 Å². The summed E-state index contributed by atoms with van der Waals surface area (Å²) in [5.74, 6) is 0.0937. The molecule has 0 bridgehead atoms. The molecule has 0 spiro atoms. The van der Waals surface area contributed by atoms with Crippen molar-refractivity contribution in [3.63, 3.8) is 0 Å². The van der Waals surface area contributed by atoms with Gasteiger partial charge in [0.25, 0.3) is 0 Å². The smallest absolute Gasteiger partial charge is 0.169 e. The van der Waals surface area contributed by atoms with E-state index in [2.05, 4.69) is 10.2 Å². The van der Waals surface area contributed by atoms with Crippen molar-refractivity contribution in [3.05, 3.63) is 29.6 Å². The molecule has 1 fully saturated rings. The maximum atomic E-state index is 13.9. The topological polar surface area (TPSA) is 24.5 Å². The third kappa shape index (κ3) is 2.51. The fraction of sp³-hybridized carbons (Fsp3) is 0.500. The van der Waals surface area contributed by atoms with E-state index in [1.54, 1.807) is 6.07 Å². The van der Waals surface area contributed by atoms with Crippen LogP contribution in [0.3, 0.4) is 0 Å². The van der Waals surface area contributed by atoms with Gasteiger partial charge in [0.1, 0.15) is 0 Å². The summed E-state index contributed by atoms with van der Waals surface area (Å²) in [6.45, 7) is 4.55. The van der Waals surface area contributed by atoms with Crippen molar-refractivity contribution in [1.82, 2.24) is 10.2 Å². The summed E-state index contributed by atoms with van der Waals surface area (Å²) in [4.78, 5) is 2.24. The van der Waals surface area contributed by atoms with Gasteiger partial charge in [0.2, 0.25) is 0 Å². The molecule has 1 aromatic rings. The first kappa shape index (κ1) is 11.4. The number of hydrogen-bond donors (Lipinski definition) is 1. The first-order chi connectivity index (χ1) is 7.81. The van der Waals surface area contributed by atoms with E-state index >= 15 is 0 Å². The van der Waals surface area contributed by atoms with E-state index in [4.69, 9.17) is 4.74 Å². The van der Waals surface area contributed by atoms with Crippen LogP contribution in [-0.4, -0.2) is 38.2 Å². The molecular weight excluding hydrogens is 207 g/mol. The molecule has 16 heavy (non-hydrogen) atoms. The van der Waals surface area contributed by atoms with E-state index in [1.165, 1.54) is 7.11 Å². The zero-order valence-corrected chi connectivity index (χ0v) is 9.50. The number of hydrogen-bond acceptors (Lipinski definition) is 3. The van der Waals surface area contributed by atoms with Gasteiger partial charge in [-0.25, -0.2) is 4.39 Å². The quantitative estimate of drug-likeness (QED) is 0.836. The van der Waals surface area contributed by atoms with Crippen molar-refractivity contribution in [2.75, 3.05) is 33.3 Å². The summed E-state index contributed by atoms with van der Waals surface area (Å²) in [7, 11) is 1.49. The van der Waals surface area contributed by atoms with Gasteiger partial charge in [-0.15, -0.1) is 0 Å². The van der Waals surface area contributed by atoms with Crippen molar-refractivity contribution in [3.8, 4) is 5.75 Å². The highest BCUT2D eigenvalue weighted by Crippen LogP contribution is 2.21. The van der Waals surface area contributed by atoms with Crippen LogP contribution in [0.1, 0.15) is 5.56 Å². The van der Waals surface area contributed by atoms with Gasteiger partial charge in [-0.2, -0.15) is 0 Å². The van der Waals surface area contributed by atoms with Crippen LogP contribution in [-0.2, 0) is 6.54 Å². The number of nitrogens with one attached hydrogen (secondary N) is 1. The Kier molecular flexibility index (Phi) is 3.74. The highest BCUT2D eigenvalue weighted by Gasteiger charge is 2.14. The van der Waals surface area contributed by atoms with Crippen molar-refractivity contribution in [2.24, 2.45) is 0 Å². The second-order valence-electron chi connectivity index (χ2n) is 3.96. The highest BCUT2D eigenvalue weighted by molar-refractivity contribution is 5.31. The predicted octanol–water partition coefficient (Wildman–Crippen LogP) is 1.24. The van der Waals surface area contributed by atoms with Gasteiger partial charge in [-0.05, 0) is 6.07 Å². The van der Waals surface area contributed by atoms with Crippen molar-refractivity contribution in [2.45, 2.75) is 6.54 Å². The minimum Gasteiger partial charge on any atom is -0.494 e. The van der Waals surface area contributed by atoms with Crippen LogP contribution in [0.5, 0.6) is 5.75 Å². The molecule has 0 aromatic heterocycles. The Balaban J connectivity index is 2.08. The lowest BCUT2D eigenvalue weighted by atomic mass is 10.1. The first-order valence-corrected chi connectivity index (χ1v) is 5.55. The zero-order chi connectivity index (χ0) is 11.4. The van der Waals surface area contributed by atoms with Crippen LogP contribution in [0.2, 0.25) is 0 Å². The number of piperazine rings is 1. The van der Waals surface area contributed by atoms with Gasteiger partial charge in [-0.1, -0.05) is 12.1 Å². The Bertz CT molecular complexity index is 351. The minimum atomic E-state index is -0.233. The monoisotopic (exact) mass is 224 g/mol. The van der Waals surface area contributed by atoms with Crippen molar-refractivity contribution >= 4 is 0 Å². The number of nitrogens with zero attached hydrogens (tertiary/aromatic N) is 1. The van der Waals surface area contributed by atoms with Crippen LogP contribution in [0.25, 0.3) is 0 Å². The van der Waals surface area contributed by atoms with E-state index < -0.39 is 0 Å². The first-order valence-electron chi connectivity index (χ1n) is 5.55. The van der Waals surface area contributed by atoms with Crippen LogP contribution >= 0.6 is 0 Å². The minimum absolute atomic E-state index is 0.233. The summed E-state index contributed by atoms with van der Waals surface area (Å²) >= 11 is 0. The van der Waals surface area contributed by atoms with E-state index in [0.717, 1.165) is 26.2 Å². The van der Waals surface area contributed by atoms with Crippen LogP contribution in [0.4, 0.5) is 4.39 Å². The standard InChI is InChI=1S/C12H17FN2O/c1-16-11-4-2-3-10(12(11)13)9-15-7-5-14-6-8-15/h2-4,14H,5-9H2,1H3. The summed E-state index contributed by atoms with van der Waals surface area (Å²) in [5.41, 5.74) is 0.709. The SMILES string of the molecule is COc1cccc(CN2CCNCC2)c1F. The summed E-state index contributed by atoms with van der Waals surface area (Å²) in [5, 5.41) is 3.28. The molecule has 4 heteroatoms. The Morgan fingerprint density at radius 2 is 2.12 bits per heavy atom. The highest BCUT2D eigenvalue weighted by atomic mass is 19.1. The second kappa shape index (κ2) is 5.27. The molecule has 0 unspecified atom stereocenters. The number of ether oxygens (including phenoxy) is 1. The van der Waals surface area contributed by atoms with Crippen LogP contribution in [0.15, 0.2) is 18.2 Å². The van der Waals surface area contributed by atoms with E-state index in [1.807, 2.05) is 12.1 Å². The van der Waals surface area contributed by atoms with Crippen molar-refractivity contribution in [1.29, 1.82) is 0 Å². The van der Waals surface area contributed by atoms with Crippen LogP contribution < -0.4 is 10.1 Å². The lowest BCUT2D eigenvalue weighted by Gasteiger charge is -2.27. The molecule has 1 aromatic carbocycles. The maximum Gasteiger partial charge on any atom is 0.169 e. The third-order valence-corrected chi connectivity index (χ3v) is 2.87. The number of benzene rings is 1. The molecule has 1 aliphatic rings. The molecule has 88 valence electrons.